The van der Waals surface area contributed by atoms with Crippen molar-refractivity contribution < 1.29 is 4.79 Å². The van der Waals surface area contributed by atoms with Crippen molar-refractivity contribution in [1.82, 2.24) is 9.88 Å². The van der Waals surface area contributed by atoms with E-state index in [2.05, 4.69) is 36.2 Å². The molecule has 0 spiro atoms. The zero-order chi connectivity index (χ0) is 14.8. The van der Waals surface area contributed by atoms with Gasteiger partial charge in [-0.3, -0.25) is 4.79 Å². The molecule has 4 heteroatoms. The highest BCUT2D eigenvalue weighted by molar-refractivity contribution is 5.92. The van der Waals surface area contributed by atoms with Gasteiger partial charge in [0.1, 0.15) is 5.69 Å². The number of nitrogens with two attached hydrogens (primary N) is 1. The summed E-state index contributed by atoms with van der Waals surface area (Å²) < 4.78 is 0. The van der Waals surface area contributed by atoms with Crippen LogP contribution in [0.4, 0.5) is 5.69 Å². The molecule has 21 heavy (non-hydrogen) atoms. The lowest BCUT2D eigenvalue weighted by atomic mass is 9.96. The molecule has 2 aromatic rings. The van der Waals surface area contributed by atoms with Crippen molar-refractivity contribution in [2.75, 3.05) is 18.8 Å². The minimum atomic E-state index is -0.0188. The lowest BCUT2D eigenvalue weighted by Gasteiger charge is -2.22. The van der Waals surface area contributed by atoms with Gasteiger partial charge < -0.3 is 10.6 Å². The topological polar surface area (TPSA) is 59.2 Å². The van der Waals surface area contributed by atoms with Gasteiger partial charge in [-0.05, 0) is 35.6 Å². The number of carbonyl (C=O) groups is 1. The maximum absolute atomic E-state index is 12.6. The summed E-state index contributed by atoms with van der Waals surface area (Å²) in [5, 5.41) is 0. The van der Waals surface area contributed by atoms with Crippen molar-refractivity contribution in [2.24, 2.45) is 0 Å². The van der Waals surface area contributed by atoms with Crippen LogP contribution in [-0.4, -0.2) is 28.9 Å². The van der Waals surface area contributed by atoms with E-state index < -0.39 is 0 Å². The third-order valence-corrected chi connectivity index (χ3v) is 4.02. The van der Waals surface area contributed by atoms with E-state index in [1.165, 1.54) is 17.3 Å². The number of fused-ring (bicyclic) bond motifs is 1. The number of pyridine rings is 1. The molecular formula is C17H19N3O. The molecule has 4 nitrogen and oxygen atoms in total. The minimum absolute atomic E-state index is 0.0188. The molecule has 0 radical (unpaired) electrons. The van der Waals surface area contributed by atoms with Crippen LogP contribution in [0.15, 0.2) is 42.6 Å². The number of hydrogen-bond acceptors (Lipinski definition) is 3. The van der Waals surface area contributed by atoms with Crippen molar-refractivity contribution in [3.8, 4) is 0 Å². The Morgan fingerprint density at radius 3 is 2.86 bits per heavy atom. The average Bonchev–Trinajstić information content (AvgIpc) is 2.67. The summed E-state index contributed by atoms with van der Waals surface area (Å²) in [6.07, 6.45) is 2.42. The molecule has 1 aromatic carbocycles. The molecule has 3 rings (SSSR count). The Labute approximate surface area is 124 Å². The van der Waals surface area contributed by atoms with E-state index in [9.17, 15) is 4.79 Å². The number of hydrogen-bond donors (Lipinski definition) is 1. The number of nitrogens with zero attached hydrogens (tertiary/aromatic N) is 2. The lowest BCUT2D eigenvalue weighted by Crippen LogP contribution is -2.34. The third-order valence-electron chi connectivity index (χ3n) is 4.02. The Morgan fingerprint density at radius 1 is 1.29 bits per heavy atom. The molecule has 0 saturated carbocycles. The lowest BCUT2D eigenvalue weighted by molar-refractivity contribution is 0.0748. The molecule has 0 fully saturated rings. The fraction of sp³-hybridized carbons (Fsp3) is 0.294. The van der Waals surface area contributed by atoms with Crippen LogP contribution in [0.1, 0.15) is 34.5 Å². The maximum atomic E-state index is 12.6. The molecule has 1 aliphatic heterocycles. The van der Waals surface area contributed by atoms with Gasteiger partial charge in [0.25, 0.3) is 5.91 Å². The summed E-state index contributed by atoms with van der Waals surface area (Å²) in [5.74, 6) is 0.316. The fourth-order valence-electron chi connectivity index (χ4n) is 2.90. The molecule has 108 valence electrons. The molecule has 1 aliphatic rings. The molecule has 2 heterocycles. The van der Waals surface area contributed by atoms with E-state index in [0.717, 1.165) is 19.5 Å². The Balaban J connectivity index is 1.82. The van der Waals surface area contributed by atoms with Crippen molar-refractivity contribution >= 4 is 11.6 Å². The molecule has 0 bridgehead atoms. The summed E-state index contributed by atoms with van der Waals surface area (Å²) in [4.78, 5) is 18.6. The summed E-state index contributed by atoms with van der Waals surface area (Å²) >= 11 is 0. The Kier molecular flexibility index (Phi) is 3.60. The normalized spacial score (nSPS) is 18.0. The Hall–Kier alpha value is -2.36. The van der Waals surface area contributed by atoms with Crippen molar-refractivity contribution in [3.63, 3.8) is 0 Å². The molecule has 0 saturated heterocycles. The van der Waals surface area contributed by atoms with Gasteiger partial charge in [-0.2, -0.15) is 0 Å². The average molecular weight is 281 g/mol. The number of carbonyl (C=O) groups excluding carboxylic acids is 1. The predicted molar refractivity (Wildman–Crippen MR) is 83.1 cm³/mol. The second-order valence-electron chi connectivity index (χ2n) is 5.58. The number of anilines is 1. The van der Waals surface area contributed by atoms with Gasteiger partial charge in [0.05, 0.1) is 11.9 Å². The van der Waals surface area contributed by atoms with Crippen LogP contribution in [0.3, 0.4) is 0 Å². The second kappa shape index (κ2) is 5.56. The molecule has 1 aromatic heterocycles. The first-order chi connectivity index (χ1) is 10.1. The van der Waals surface area contributed by atoms with E-state index in [1.54, 1.807) is 12.1 Å². The minimum Gasteiger partial charge on any atom is -0.397 e. The fourth-order valence-corrected chi connectivity index (χ4v) is 2.90. The molecule has 1 amide bonds. The van der Waals surface area contributed by atoms with E-state index in [-0.39, 0.29) is 5.91 Å². The van der Waals surface area contributed by atoms with E-state index in [4.69, 9.17) is 5.73 Å². The highest BCUT2D eigenvalue weighted by atomic mass is 16.2. The van der Waals surface area contributed by atoms with Crippen LogP contribution in [-0.2, 0) is 6.42 Å². The molecule has 1 unspecified atom stereocenters. The largest absolute Gasteiger partial charge is 0.397 e. The molecule has 0 aliphatic carbocycles. The summed E-state index contributed by atoms with van der Waals surface area (Å²) in [6.45, 7) is 3.62. The molecule has 1 atom stereocenters. The van der Waals surface area contributed by atoms with Crippen LogP contribution in [0.25, 0.3) is 0 Å². The standard InChI is InChI=1S/C17H19N3O/c1-12-11-20(9-8-13-4-2-3-5-15(12)13)17(21)16-7-6-14(18)10-19-16/h2-7,10,12H,8-9,11,18H2,1H3. The first kappa shape index (κ1) is 13.6. The maximum Gasteiger partial charge on any atom is 0.272 e. The van der Waals surface area contributed by atoms with Crippen LogP contribution >= 0.6 is 0 Å². The van der Waals surface area contributed by atoms with Crippen molar-refractivity contribution in [1.29, 1.82) is 0 Å². The quantitative estimate of drug-likeness (QED) is 0.873. The summed E-state index contributed by atoms with van der Waals surface area (Å²) in [7, 11) is 0. The number of nitrogen functional groups attached to an aromatic ring is 1. The Bertz CT molecular complexity index is 651. The van der Waals surface area contributed by atoms with Gasteiger partial charge in [0, 0.05) is 13.1 Å². The number of benzene rings is 1. The van der Waals surface area contributed by atoms with E-state index >= 15 is 0 Å². The predicted octanol–water partition coefficient (Wildman–Crippen LogP) is 2.47. The van der Waals surface area contributed by atoms with Gasteiger partial charge in [-0.1, -0.05) is 31.2 Å². The van der Waals surface area contributed by atoms with E-state index in [0.29, 0.717) is 17.3 Å². The zero-order valence-corrected chi connectivity index (χ0v) is 12.1. The Morgan fingerprint density at radius 2 is 2.10 bits per heavy atom. The number of amides is 1. The highest BCUT2D eigenvalue weighted by Gasteiger charge is 2.24. The number of aromatic nitrogens is 1. The second-order valence-corrected chi connectivity index (χ2v) is 5.58. The third kappa shape index (κ3) is 2.75. The zero-order valence-electron chi connectivity index (χ0n) is 12.1. The first-order valence-electron chi connectivity index (χ1n) is 7.24. The molecular weight excluding hydrogens is 262 g/mol. The van der Waals surface area contributed by atoms with Gasteiger partial charge in [0.15, 0.2) is 0 Å². The van der Waals surface area contributed by atoms with Crippen LogP contribution < -0.4 is 5.73 Å². The SMILES string of the molecule is CC1CN(C(=O)c2ccc(N)cn2)CCc2ccccc21. The van der Waals surface area contributed by atoms with Gasteiger partial charge in [-0.25, -0.2) is 4.98 Å². The van der Waals surface area contributed by atoms with Gasteiger partial charge in [0.2, 0.25) is 0 Å². The summed E-state index contributed by atoms with van der Waals surface area (Å²) in [6, 6.07) is 11.9. The van der Waals surface area contributed by atoms with Gasteiger partial charge in [-0.15, -0.1) is 0 Å². The summed E-state index contributed by atoms with van der Waals surface area (Å²) in [5.41, 5.74) is 9.34. The highest BCUT2D eigenvalue weighted by Crippen LogP contribution is 2.25. The van der Waals surface area contributed by atoms with E-state index in [1.807, 2.05) is 4.90 Å². The number of rotatable bonds is 1. The van der Waals surface area contributed by atoms with Crippen LogP contribution in [0.2, 0.25) is 0 Å². The smallest absolute Gasteiger partial charge is 0.272 e. The van der Waals surface area contributed by atoms with Gasteiger partial charge >= 0.3 is 0 Å². The van der Waals surface area contributed by atoms with Crippen molar-refractivity contribution in [2.45, 2.75) is 19.3 Å². The van der Waals surface area contributed by atoms with Crippen LogP contribution in [0.5, 0.6) is 0 Å². The molecule has 2 N–H and O–H groups in total. The van der Waals surface area contributed by atoms with Crippen molar-refractivity contribution in [3.05, 3.63) is 59.4 Å². The van der Waals surface area contributed by atoms with Crippen LogP contribution in [0, 0.1) is 0 Å². The first-order valence-corrected chi connectivity index (χ1v) is 7.24. The monoisotopic (exact) mass is 281 g/mol.